The number of amides is 1. The molecule has 102 valence electrons. The quantitative estimate of drug-likeness (QED) is 0.560. The van der Waals surface area contributed by atoms with Gasteiger partial charge in [-0.3, -0.25) is 0 Å². The Bertz CT molecular complexity index is 202. The standard InChI is InChI=1S/C12H27N3O2/c1-5-6-13-7-8-14-9-10-15-11(16)17-12(2,3)4/h13-14H,5-10H2,1-4H3,(H,15,16). The molecule has 0 radical (unpaired) electrons. The molecule has 0 aromatic rings. The van der Waals surface area contributed by atoms with Crippen molar-refractivity contribution < 1.29 is 9.53 Å². The summed E-state index contributed by atoms with van der Waals surface area (Å²) in [6.07, 6.45) is 0.795. The first-order chi connectivity index (χ1) is 7.95. The lowest BCUT2D eigenvalue weighted by atomic mass is 10.2. The van der Waals surface area contributed by atoms with Crippen molar-refractivity contribution in [3.63, 3.8) is 0 Å². The van der Waals surface area contributed by atoms with E-state index in [1.54, 1.807) is 0 Å². The molecule has 0 heterocycles. The Morgan fingerprint density at radius 2 is 1.53 bits per heavy atom. The number of nitrogens with one attached hydrogen (secondary N) is 3. The molecule has 0 aliphatic carbocycles. The van der Waals surface area contributed by atoms with Gasteiger partial charge >= 0.3 is 6.09 Å². The maximum atomic E-state index is 11.3. The zero-order chi connectivity index (χ0) is 13.1. The van der Waals surface area contributed by atoms with Crippen molar-refractivity contribution in [3.05, 3.63) is 0 Å². The SMILES string of the molecule is CCCNCCNCCNC(=O)OC(C)(C)C. The van der Waals surface area contributed by atoms with Gasteiger partial charge in [0.25, 0.3) is 0 Å². The topological polar surface area (TPSA) is 62.4 Å². The van der Waals surface area contributed by atoms with E-state index in [1.807, 2.05) is 20.8 Å². The van der Waals surface area contributed by atoms with Crippen LogP contribution in [0.5, 0.6) is 0 Å². The van der Waals surface area contributed by atoms with Crippen LogP contribution in [0.25, 0.3) is 0 Å². The van der Waals surface area contributed by atoms with Gasteiger partial charge in [0, 0.05) is 26.2 Å². The lowest BCUT2D eigenvalue weighted by Crippen LogP contribution is -2.37. The van der Waals surface area contributed by atoms with Crippen LogP contribution in [-0.2, 0) is 4.74 Å². The van der Waals surface area contributed by atoms with E-state index < -0.39 is 5.60 Å². The Morgan fingerprint density at radius 3 is 2.06 bits per heavy atom. The number of alkyl carbamates (subject to hydrolysis) is 1. The molecule has 0 aromatic heterocycles. The van der Waals surface area contributed by atoms with Crippen LogP contribution in [-0.4, -0.2) is 44.4 Å². The predicted molar refractivity (Wildman–Crippen MR) is 70.3 cm³/mol. The molecule has 0 fully saturated rings. The van der Waals surface area contributed by atoms with Crippen molar-refractivity contribution in [3.8, 4) is 0 Å². The van der Waals surface area contributed by atoms with E-state index >= 15 is 0 Å². The highest BCUT2D eigenvalue weighted by Gasteiger charge is 2.15. The fourth-order valence-electron chi connectivity index (χ4n) is 1.17. The number of ether oxygens (including phenoxy) is 1. The monoisotopic (exact) mass is 245 g/mol. The molecule has 17 heavy (non-hydrogen) atoms. The van der Waals surface area contributed by atoms with E-state index in [-0.39, 0.29) is 6.09 Å². The number of carbonyl (C=O) groups excluding carboxylic acids is 1. The first kappa shape index (κ1) is 16.2. The molecule has 1 amide bonds. The minimum absolute atomic E-state index is 0.358. The molecule has 5 nitrogen and oxygen atoms in total. The van der Waals surface area contributed by atoms with Crippen molar-refractivity contribution >= 4 is 6.09 Å². The van der Waals surface area contributed by atoms with E-state index in [1.165, 1.54) is 0 Å². The highest BCUT2D eigenvalue weighted by Crippen LogP contribution is 2.05. The Labute approximate surface area is 105 Å². The van der Waals surface area contributed by atoms with E-state index in [2.05, 4.69) is 22.9 Å². The fourth-order valence-corrected chi connectivity index (χ4v) is 1.17. The smallest absolute Gasteiger partial charge is 0.407 e. The van der Waals surface area contributed by atoms with Gasteiger partial charge in [-0.1, -0.05) is 6.92 Å². The third-order valence-corrected chi connectivity index (χ3v) is 1.88. The minimum atomic E-state index is -0.429. The van der Waals surface area contributed by atoms with E-state index in [9.17, 15) is 4.79 Å². The summed E-state index contributed by atoms with van der Waals surface area (Å²) in [5, 5.41) is 9.22. The summed E-state index contributed by atoms with van der Waals surface area (Å²) in [4.78, 5) is 11.3. The van der Waals surface area contributed by atoms with Gasteiger partial charge in [0.1, 0.15) is 5.60 Å². The summed E-state index contributed by atoms with van der Waals surface area (Å²) in [5.41, 5.74) is -0.429. The molecule has 3 N–H and O–H groups in total. The molecule has 0 unspecified atom stereocenters. The molecule has 0 aliphatic rings. The molecular formula is C12H27N3O2. The van der Waals surface area contributed by atoms with E-state index in [4.69, 9.17) is 4.74 Å². The summed E-state index contributed by atoms with van der Waals surface area (Å²) < 4.78 is 5.11. The van der Waals surface area contributed by atoms with Gasteiger partial charge in [0.2, 0.25) is 0 Å². The van der Waals surface area contributed by atoms with Gasteiger partial charge in [-0.15, -0.1) is 0 Å². The van der Waals surface area contributed by atoms with Gasteiger partial charge in [-0.2, -0.15) is 0 Å². The van der Waals surface area contributed by atoms with Crippen LogP contribution in [0.15, 0.2) is 0 Å². The Balaban J connectivity index is 3.25. The Morgan fingerprint density at radius 1 is 1.00 bits per heavy atom. The Hall–Kier alpha value is -0.810. The maximum Gasteiger partial charge on any atom is 0.407 e. The fraction of sp³-hybridized carbons (Fsp3) is 0.917. The van der Waals surface area contributed by atoms with Crippen LogP contribution in [0.3, 0.4) is 0 Å². The van der Waals surface area contributed by atoms with Gasteiger partial charge < -0.3 is 20.7 Å². The van der Waals surface area contributed by atoms with Gasteiger partial charge in [-0.05, 0) is 33.7 Å². The van der Waals surface area contributed by atoms with Crippen LogP contribution < -0.4 is 16.0 Å². The average molecular weight is 245 g/mol. The highest BCUT2D eigenvalue weighted by atomic mass is 16.6. The molecule has 0 aromatic carbocycles. The lowest BCUT2D eigenvalue weighted by molar-refractivity contribution is 0.0528. The summed E-state index contributed by atoms with van der Waals surface area (Å²) in [6.45, 7) is 12.0. The number of hydrogen-bond donors (Lipinski definition) is 3. The first-order valence-corrected chi connectivity index (χ1v) is 6.34. The molecule has 0 spiro atoms. The van der Waals surface area contributed by atoms with Crippen LogP contribution >= 0.6 is 0 Å². The molecule has 0 saturated carbocycles. The second-order valence-corrected chi connectivity index (χ2v) is 4.93. The molecular weight excluding hydrogens is 218 g/mol. The van der Waals surface area contributed by atoms with Crippen LogP contribution in [0.2, 0.25) is 0 Å². The number of hydrogen-bond acceptors (Lipinski definition) is 4. The molecule has 0 rings (SSSR count). The van der Waals surface area contributed by atoms with Gasteiger partial charge in [-0.25, -0.2) is 4.79 Å². The van der Waals surface area contributed by atoms with Crippen LogP contribution in [0.4, 0.5) is 4.79 Å². The number of rotatable bonds is 8. The molecule has 0 bridgehead atoms. The van der Waals surface area contributed by atoms with Crippen LogP contribution in [0.1, 0.15) is 34.1 Å². The number of carbonyl (C=O) groups is 1. The van der Waals surface area contributed by atoms with Crippen LogP contribution in [0, 0.1) is 0 Å². The lowest BCUT2D eigenvalue weighted by Gasteiger charge is -2.19. The zero-order valence-corrected chi connectivity index (χ0v) is 11.6. The zero-order valence-electron chi connectivity index (χ0n) is 11.6. The first-order valence-electron chi connectivity index (χ1n) is 6.34. The van der Waals surface area contributed by atoms with Gasteiger partial charge in [0.05, 0.1) is 0 Å². The second kappa shape index (κ2) is 9.24. The molecule has 0 aliphatic heterocycles. The summed E-state index contributed by atoms with van der Waals surface area (Å²) in [7, 11) is 0. The molecule has 0 atom stereocenters. The normalized spacial score (nSPS) is 11.3. The van der Waals surface area contributed by atoms with E-state index in [0.29, 0.717) is 6.54 Å². The summed E-state index contributed by atoms with van der Waals surface area (Å²) in [6, 6.07) is 0. The highest BCUT2D eigenvalue weighted by molar-refractivity contribution is 5.67. The third kappa shape index (κ3) is 13.1. The molecule has 5 heteroatoms. The molecule has 0 saturated heterocycles. The maximum absolute atomic E-state index is 11.3. The van der Waals surface area contributed by atoms with Crippen molar-refractivity contribution in [1.82, 2.24) is 16.0 Å². The van der Waals surface area contributed by atoms with E-state index in [0.717, 1.165) is 32.6 Å². The minimum Gasteiger partial charge on any atom is -0.444 e. The van der Waals surface area contributed by atoms with Crippen molar-refractivity contribution in [2.24, 2.45) is 0 Å². The second-order valence-electron chi connectivity index (χ2n) is 4.93. The third-order valence-electron chi connectivity index (χ3n) is 1.88. The van der Waals surface area contributed by atoms with Crippen molar-refractivity contribution in [1.29, 1.82) is 0 Å². The summed E-state index contributed by atoms with van der Waals surface area (Å²) >= 11 is 0. The van der Waals surface area contributed by atoms with Crippen molar-refractivity contribution in [2.45, 2.75) is 39.7 Å². The average Bonchev–Trinajstić information content (AvgIpc) is 2.19. The summed E-state index contributed by atoms with van der Waals surface area (Å²) in [5.74, 6) is 0. The van der Waals surface area contributed by atoms with Crippen molar-refractivity contribution in [2.75, 3.05) is 32.7 Å². The largest absolute Gasteiger partial charge is 0.444 e. The van der Waals surface area contributed by atoms with Gasteiger partial charge in [0.15, 0.2) is 0 Å². The Kier molecular flexibility index (Phi) is 8.80. The predicted octanol–water partition coefficient (Wildman–Crippen LogP) is 1.10.